The lowest BCUT2D eigenvalue weighted by molar-refractivity contribution is 0.0952. The Balaban J connectivity index is 1.87. The molecule has 2 aromatic rings. The molecule has 1 aromatic heterocycles. The highest BCUT2D eigenvalue weighted by Crippen LogP contribution is 2.04. The molecule has 5 nitrogen and oxygen atoms in total. The topological polar surface area (TPSA) is 72.9 Å². The fourth-order valence-corrected chi connectivity index (χ4v) is 1.66. The summed E-state index contributed by atoms with van der Waals surface area (Å²) in [6.45, 7) is 1.65. The van der Waals surface area contributed by atoms with Crippen LogP contribution in [0.2, 0.25) is 0 Å². The zero-order valence-corrected chi connectivity index (χ0v) is 10.0. The number of nitrogens with zero attached hydrogens (tertiary/aromatic N) is 2. The van der Waals surface area contributed by atoms with Gasteiger partial charge in [-0.15, -0.1) is 0 Å². The van der Waals surface area contributed by atoms with Gasteiger partial charge in [-0.3, -0.25) is 9.48 Å². The van der Waals surface area contributed by atoms with E-state index in [1.165, 1.54) is 0 Å². The van der Waals surface area contributed by atoms with E-state index in [1.54, 1.807) is 16.9 Å². The van der Waals surface area contributed by atoms with Gasteiger partial charge in [0.1, 0.15) is 0 Å². The summed E-state index contributed by atoms with van der Waals surface area (Å²) >= 11 is 0. The van der Waals surface area contributed by atoms with Crippen LogP contribution in [0.15, 0.2) is 42.7 Å². The zero-order valence-electron chi connectivity index (χ0n) is 10.0. The van der Waals surface area contributed by atoms with E-state index in [1.807, 2.05) is 30.5 Å². The van der Waals surface area contributed by atoms with Gasteiger partial charge in [-0.2, -0.15) is 5.10 Å². The van der Waals surface area contributed by atoms with E-state index in [4.69, 9.17) is 5.73 Å². The predicted octanol–water partition coefficient (Wildman–Crippen LogP) is 0.772. The van der Waals surface area contributed by atoms with E-state index in [0.717, 1.165) is 5.56 Å². The summed E-state index contributed by atoms with van der Waals surface area (Å²) in [5.41, 5.74) is 7.13. The molecule has 0 aliphatic heterocycles. The number of nitrogens with two attached hydrogens (primary N) is 1. The number of benzene rings is 1. The zero-order chi connectivity index (χ0) is 12.8. The standard InChI is InChI=1S/C13H16N4O/c14-10-11-3-1-4-12(9-11)13(18)15-6-8-17-7-2-5-16-17/h1-5,7,9H,6,8,10,14H2,(H,15,18). The van der Waals surface area contributed by atoms with Gasteiger partial charge < -0.3 is 11.1 Å². The summed E-state index contributed by atoms with van der Waals surface area (Å²) in [5, 5.41) is 6.91. The van der Waals surface area contributed by atoms with E-state index >= 15 is 0 Å². The highest BCUT2D eigenvalue weighted by molar-refractivity contribution is 5.94. The lowest BCUT2D eigenvalue weighted by atomic mass is 10.1. The molecule has 3 N–H and O–H groups in total. The number of amides is 1. The van der Waals surface area contributed by atoms with Crippen LogP contribution in [0.1, 0.15) is 15.9 Å². The first-order valence-electron chi connectivity index (χ1n) is 5.84. The van der Waals surface area contributed by atoms with Crippen molar-refractivity contribution in [2.24, 2.45) is 5.73 Å². The summed E-state index contributed by atoms with van der Waals surface area (Å²) in [6, 6.07) is 9.18. The molecule has 0 unspecified atom stereocenters. The minimum atomic E-state index is -0.0857. The number of hydrogen-bond donors (Lipinski definition) is 2. The third kappa shape index (κ3) is 3.18. The van der Waals surface area contributed by atoms with E-state index in [2.05, 4.69) is 10.4 Å². The van der Waals surface area contributed by atoms with E-state index in [-0.39, 0.29) is 5.91 Å². The van der Waals surface area contributed by atoms with Gasteiger partial charge in [0.05, 0.1) is 6.54 Å². The molecule has 0 spiro atoms. The van der Waals surface area contributed by atoms with Crippen molar-refractivity contribution in [3.8, 4) is 0 Å². The Bertz CT molecular complexity index is 507. The second-order valence-corrected chi connectivity index (χ2v) is 3.93. The van der Waals surface area contributed by atoms with Gasteiger partial charge in [0.2, 0.25) is 0 Å². The molecule has 1 aromatic carbocycles. The van der Waals surface area contributed by atoms with Crippen molar-refractivity contribution in [3.63, 3.8) is 0 Å². The molecule has 0 radical (unpaired) electrons. The molecule has 0 fully saturated rings. The third-order valence-electron chi connectivity index (χ3n) is 2.61. The largest absolute Gasteiger partial charge is 0.350 e. The van der Waals surface area contributed by atoms with Gasteiger partial charge >= 0.3 is 0 Å². The van der Waals surface area contributed by atoms with Crippen molar-refractivity contribution in [1.29, 1.82) is 0 Å². The van der Waals surface area contributed by atoms with Crippen LogP contribution in [-0.4, -0.2) is 22.2 Å². The van der Waals surface area contributed by atoms with Crippen LogP contribution in [0.25, 0.3) is 0 Å². The van der Waals surface area contributed by atoms with Crippen LogP contribution in [-0.2, 0) is 13.1 Å². The second-order valence-electron chi connectivity index (χ2n) is 3.93. The van der Waals surface area contributed by atoms with Gasteiger partial charge in [-0.1, -0.05) is 12.1 Å². The molecule has 0 saturated carbocycles. The fraction of sp³-hybridized carbons (Fsp3) is 0.231. The summed E-state index contributed by atoms with van der Waals surface area (Å²) in [4.78, 5) is 11.9. The SMILES string of the molecule is NCc1cccc(C(=O)NCCn2cccn2)c1. The molecule has 0 saturated heterocycles. The molecule has 5 heteroatoms. The van der Waals surface area contributed by atoms with Crippen LogP contribution in [0.3, 0.4) is 0 Å². The Morgan fingerprint density at radius 1 is 1.39 bits per heavy atom. The molecule has 1 amide bonds. The molecular formula is C13H16N4O. The highest BCUT2D eigenvalue weighted by atomic mass is 16.1. The Labute approximate surface area is 106 Å². The third-order valence-corrected chi connectivity index (χ3v) is 2.61. The molecule has 0 aliphatic rings. The average molecular weight is 244 g/mol. The normalized spacial score (nSPS) is 10.3. The Morgan fingerprint density at radius 3 is 3.00 bits per heavy atom. The van der Waals surface area contributed by atoms with Crippen LogP contribution < -0.4 is 11.1 Å². The van der Waals surface area contributed by atoms with E-state index in [0.29, 0.717) is 25.2 Å². The molecule has 18 heavy (non-hydrogen) atoms. The Morgan fingerprint density at radius 2 is 2.28 bits per heavy atom. The molecule has 1 heterocycles. The second kappa shape index (κ2) is 5.97. The number of carbonyl (C=O) groups excluding carboxylic acids is 1. The average Bonchev–Trinajstić information content (AvgIpc) is 2.92. The Kier molecular flexibility index (Phi) is 4.09. The fourth-order valence-electron chi connectivity index (χ4n) is 1.66. The van der Waals surface area contributed by atoms with Crippen molar-refractivity contribution >= 4 is 5.91 Å². The molecule has 0 bridgehead atoms. The van der Waals surface area contributed by atoms with Crippen molar-refractivity contribution in [2.75, 3.05) is 6.54 Å². The van der Waals surface area contributed by atoms with Crippen LogP contribution in [0.5, 0.6) is 0 Å². The number of aromatic nitrogens is 2. The van der Waals surface area contributed by atoms with Gasteiger partial charge in [-0.05, 0) is 23.8 Å². The number of nitrogens with one attached hydrogen (secondary N) is 1. The maximum atomic E-state index is 11.9. The monoisotopic (exact) mass is 244 g/mol. The number of carbonyl (C=O) groups is 1. The van der Waals surface area contributed by atoms with Crippen molar-refractivity contribution < 1.29 is 4.79 Å². The van der Waals surface area contributed by atoms with Crippen LogP contribution >= 0.6 is 0 Å². The lowest BCUT2D eigenvalue weighted by Gasteiger charge is -2.06. The van der Waals surface area contributed by atoms with Gasteiger partial charge in [0.15, 0.2) is 0 Å². The first-order valence-corrected chi connectivity index (χ1v) is 5.84. The van der Waals surface area contributed by atoms with E-state index < -0.39 is 0 Å². The first-order chi connectivity index (χ1) is 8.79. The van der Waals surface area contributed by atoms with Crippen LogP contribution in [0, 0.1) is 0 Å². The maximum Gasteiger partial charge on any atom is 0.251 e. The molecule has 94 valence electrons. The lowest BCUT2D eigenvalue weighted by Crippen LogP contribution is -2.27. The first kappa shape index (κ1) is 12.3. The summed E-state index contributed by atoms with van der Waals surface area (Å²) in [7, 11) is 0. The van der Waals surface area contributed by atoms with Gasteiger partial charge in [0.25, 0.3) is 5.91 Å². The summed E-state index contributed by atoms with van der Waals surface area (Å²) in [6.07, 6.45) is 3.58. The van der Waals surface area contributed by atoms with E-state index in [9.17, 15) is 4.79 Å². The maximum absolute atomic E-state index is 11.9. The molecule has 2 rings (SSSR count). The quantitative estimate of drug-likeness (QED) is 0.816. The molecule has 0 aliphatic carbocycles. The highest BCUT2D eigenvalue weighted by Gasteiger charge is 2.04. The molecule has 0 atom stereocenters. The summed E-state index contributed by atoms with van der Waals surface area (Å²) < 4.78 is 1.77. The Hall–Kier alpha value is -2.14. The molecular weight excluding hydrogens is 228 g/mol. The smallest absolute Gasteiger partial charge is 0.251 e. The number of rotatable bonds is 5. The number of hydrogen-bond acceptors (Lipinski definition) is 3. The van der Waals surface area contributed by atoms with Gasteiger partial charge in [0, 0.05) is 31.0 Å². The predicted molar refractivity (Wildman–Crippen MR) is 68.9 cm³/mol. The van der Waals surface area contributed by atoms with Crippen molar-refractivity contribution in [2.45, 2.75) is 13.1 Å². The van der Waals surface area contributed by atoms with Crippen molar-refractivity contribution in [1.82, 2.24) is 15.1 Å². The van der Waals surface area contributed by atoms with Gasteiger partial charge in [-0.25, -0.2) is 0 Å². The minimum absolute atomic E-state index is 0.0857. The minimum Gasteiger partial charge on any atom is -0.350 e. The van der Waals surface area contributed by atoms with Crippen LogP contribution in [0.4, 0.5) is 0 Å². The van der Waals surface area contributed by atoms with Crippen molar-refractivity contribution in [3.05, 3.63) is 53.9 Å². The summed E-state index contributed by atoms with van der Waals surface area (Å²) in [5.74, 6) is -0.0857.